The number of aryl methyl sites for hydroxylation is 1. The molecule has 5 rings (SSSR count). The summed E-state index contributed by atoms with van der Waals surface area (Å²) in [4.78, 5) is 8.98. The summed E-state index contributed by atoms with van der Waals surface area (Å²) in [5.41, 5.74) is 6.08. The molecule has 0 amide bonds. The van der Waals surface area contributed by atoms with Gasteiger partial charge in [0.05, 0.1) is 11.6 Å². The minimum atomic E-state index is -0.0370. The van der Waals surface area contributed by atoms with Crippen molar-refractivity contribution in [1.82, 2.24) is 14.5 Å². The standard InChI is InChI=1S/C22H21N3.C7H16O.CH4/c1-25-21-9-10-23-14-20(21)19-8-6-16(12-22(19)25)17-5-7-18(24-13-17)11-15-3-2-4-15;1-3-5-7(8)6-4-2;/h5-10,12-15H,2-4,11H2,1H3;7-8H,3-6H2,1-2H3;1H4. The number of aliphatic hydroxyl groups excluding tert-OH is 1. The van der Waals surface area contributed by atoms with Crippen LogP contribution in [0.15, 0.2) is 55.0 Å². The third-order valence-electron chi connectivity index (χ3n) is 6.93. The number of rotatable bonds is 7. The summed E-state index contributed by atoms with van der Waals surface area (Å²) in [5, 5.41) is 11.5. The van der Waals surface area contributed by atoms with Crippen molar-refractivity contribution in [1.29, 1.82) is 0 Å². The fourth-order valence-electron chi connectivity index (χ4n) is 4.75. The molecule has 1 aliphatic carbocycles. The molecule has 0 bridgehead atoms. The Balaban J connectivity index is 0.000000314. The van der Waals surface area contributed by atoms with E-state index in [0.29, 0.717) is 0 Å². The number of fused-ring (bicyclic) bond motifs is 3. The lowest BCUT2D eigenvalue weighted by Gasteiger charge is -2.24. The van der Waals surface area contributed by atoms with Crippen LogP contribution in [0.5, 0.6) is 0 Å². The molecule has 4 aromatic rings. The van der Waals surface area contributed by atoms with Gasteiger partial charge in [0.25, 0.3) is 0 Å². The van der Waals surface area contributed by atoms with Crippen molar-refractivity contribution in [2.24, 2.45) is 13.0 Å². The Morgan fingerprint density at radius 2 is 1.68 bits per heavy atom. The summed E-state index contributed by atoms with van der Waals surface area (Å²) in [6.45, 7) is 4.19. The number of nitrogens with zero attached hydrogens (tertiary/aromatic N) is 3. The second-order valence-electron chi connectivity index (χ2n) is 9.45. The molecule has 3 aromatic heterocycles. The maximum atomic E-state index is 9.05. The first-order chi connectivity index (χ1) is 16.1. The van der Waals surface area contributed by atoms with Gasteiger partial charge in [0.2, 0.25) is 0 Å². The van der Waals surface area contributed by atoms with Crippen LogP contribution in [0.1, 0.15) is 71.9 Å². The Hall–Kier alpha value is -2.72. The fourth-order valence-corrected chi connectivity index (χ4v) is 4.75. The summed E-state index contributed by atoms with van der Waals surface area (Å²) in [5.74, 6) is 0.860. The average molecular weight is 460 g/mol. The van der Waals surface area contributed by atoms with Crippen LogP contribution < -0.4 is 0 Å². The van der Waals surface area contributed by atoms with E-state index in [4.69, 9.17) is 10.1 Å². The predicted molar refractivity (Wildman–Crippen MR) is 145 cm³/mol. The number of aliphatic hydroxyl groups is 1. The van der Waals surface area contributed by atoms with Gasteiger partial charge in [0.15, 0.2) is 0 Å². The zero-order valence-electron chi connectivity index (χ0n) is 20.3. The van der Waals surface area contributed by atoms with Crippen molar-refractivity contribution in [2.45, 2.75) is 78.7 Å². The van der Waals surface area contributed by atoms with E-state index < -0.39 is 0 Å². The molecule has 1 saturated carbocycles. The number of pyridine rings is 2. The van der Waals surface area contributed by atoms with Gasteiger partial charge in [-0.3, -0.25) is 9.97 Å². The van der Waals surface area contributed by atoms with Crippen LogP contribution in [-0.2, 0) is 13.5 Å². The lowest BCUT2D eigenvalue weighted by Crippen LogP contribution is -2.14. The van der Waals surface area contributed by atoms with E-state index in [1.54, 1.807) is 0 Å². The molecule has 0 aliphatic heterocycles. The molecule has 0 atom stereocenters. The van der Waals surface area contributed by atoms with Gasteiger partial charge in [0, 0.05) is 53.2 Å². The molecular formula is C30H41N3O. The van der Waals surface area contributed by atoms with E-state index in [1.165, 1.54) is 57.9 Å². The molecule has 3 heterocycles. The number of benzene rings is 1. The molecule has 1 aromatic carbocycles. The fraction of sp³-hybridized carbons (Fsp3) is 0.467. The van der Waals surface area contributed by atoms with E-state index in [1.807, 2.05) is 18.6 Å². The Kier molecular flexibility index (Phi) is 9.23. The average Bonchev–Trinajstić information content (AvgIpc) is 3.09. The van der Waals surface area contributed by atoms with Crippen molar-refractivity contribution >= 4 is 21.8 Å². The van der Waals surface area contributed by atoms with E-state index >= 15 is 0 Å². The van der Waals surface area contributed by atoms with Crippen molar-refractivity contribution in [3.05, 3.63) is 60.7 Å². The van der Waals surface area contributed by atoms with Crippen LogP contribution in [0.4, 0.5) is 0 Å². The van der Waals surface area contributed by atoms with Crippen molar-refractivity contribution in [3.63, 3.8) is 0 Å². The van der Waals surface area contributed by atoms with Crippen LogP contribution in [0.2, 0.25) is 0 Å². The molecule has 0 saturated heterocycles. The van der Waals surface area contributed by atoms with E-state index in [9.17, 15) is 0 Å². The molecule has 1 aliphatic rings. The van der Waals surface area contributed by atoms with Crippen LogP contribution in [0.3, 0.4) is 0 Å². The minimum absolute atomic E-state index is 0. The second-order valence-corrected chi connectivity index (χ2v) is 9.45. The maximum absolute atomic E-state index is 9.05. The van der Waals surface area contributed by atoms with E-state index in [-0.39, 0.29) is 13.5 Å². The van der Waals surface area contributed by atoms with Crippen molar-refractivity contribution in [2.75, 3.05) is 0 Å². The van der Waals surface area contributed by atoms with Gasteiger partial charge in [-0.15, -0.1) is 0 Å². The van der Waals surface area contributed by atoms with Crippen LogP contribution in [-0.4, -0.2) is 25.7 Å². The topological polar surface area (TPSA) is 50.9 Å². The van der Waals surface area contributed by atoms with Gasteiger partial charge < -0.3 is 9.67 Å². The van der Waals surface area contributed by atoms with Crippen LogP contribution in [0, 0.1) is 5.92 Å². The van der Waals surface area contributed by atoms with E-state index in [0.717, 1.165) is 38.0 Å². The zero-order chi connectivity index (χ0) is 23.2. The third kappa shape index (κ3) is 5.85. The molecule has 4 heteroatoms. The quantitative estimate of drug-likeness (QED) is 0.308. The Labute approximate surface area is 205 Å². The van der Waals surface area contributed by atoms with Gasteiger partial charge in [-0.05, 0) is 48.9 Å². The van der Waals surface area contributed by atoms with Crippen molar-refractivity contribution in [3.8, 4) is 11.1 Å². The summed E-state index contributed by atoms with van der Waals surface area (Å²) >= 11 is 0. The Bertz CT molecular complexity index is 1170. The first kappa shape index (κ1) is 25.9. The Morgan fingerprint density at radius 1 is 0.941 bits per heavy atom. The number of aromatic nitrogens is 3. The first-order valence-corrected chi connectivity index (χ1v) is 12.6. The van der Waals surface area contributed by atoms with Gasteiger partial charge in [-0.25, -0.2) is 0 Å². The molecule has 1 fully saturated rings. The van der Waals surface area contributed by atoms with Crippen molar-refractivity contribution < 1.29 is 5.11 Å². The molecule has 1 N–H and O–H groups in total. The SMILES string of the molecule is C.CCCC(O)CCC.Cn1c2ccncc2c2ccc(-c3ccc(CC4CCC4)nc3)cc21. The molecular weight excluding hydrogens is 418 g/mol. The first-order valence-electron chi connectivity index (χ1n) is 12.6. The molecule has 0 spiro atoms. The zero-order valence-corrected chi connectivity index (χ0v) is 20.3. The highest BCUT2D eigenvalue weighted by Gasteiger charge is 2.18. The smallest absolute Gasteiger partial charge is 0.0540 e. The van der Waals surface area contributed by atoms with Gasteiger partial charge in [-0.1, -0.05) is 71.6 Å². The maximum Gasteiger partial charge on any atom is 0.0540 e. The molecule has 0 radical (unpaired) electrons. The molecule has 182 valence electrons. The number of hydrogen-bond donors (Lipinski definition) is 1. The van der Waals surface area contributed by atoms with Crippen LogP contribution >= 0.6 is 0 Å². The van der Waals surface area contributed by atoms with Gasteiger partial charge in [0.1, 0.15) is 0 Å². The summed E-state index contributed by atoms with van der Waals surface area (Å²) < 4.78 is 2.24. The third-order valence-corrected chi connectivity index (χ3v) is 6.93. The highest BCUT2D eigenvalue weighted by atomic mass is 16.3. The lowest BCUT2D eigenvalue weighted by atomic mass is 9.82. The largest absolute Gasteiger partial charge is 0.393 e. The minimum Gasteiger partial charge on any atom is -0.393 e. The highest BCUT2D eigenvalue weighted by molar-refractivity contribution is 6.08. The monoisotopic (exact) mass is 459 g/mol. The highest BCUT2D eigenvalue weighted by Crippen LogP contribution is 2.32. The molecule has 0 unspecified atom stereocenters. The van der Waals surface area contributed by atoms with Gasteiger partial charge >= 0.3 is 0 Å². The Morgan fingerprint density at radius 3 is 2.29 bits per heavy atom. The second kappa shape index (κ2) is 12.1. The molecule has 34 heavy (non-hydrogen) atoms. The summed E-state index contributed by atoms with van der Waals surface area (Å²) in [6, 6.07) is 13.1. The summed E-state index contributed by atoms with van der Waals surface area (Å²) in [6.07, 6.45) is 15.2. The number of hydrogen-bond acceptors (Lipinski definition) is 3. The lowest BCUT2D eigenvalue weighted by molar-refractivity contribution is 0.153. The van der Waals surface area contributed by atoms with E-state index in [2.05, 4.69) is 66.8 Å². The normalized spacial score (nSPS) is 13.4. The predicted octanol–water partition coefficient (Wildman–Crippen LogP) is 7.71. The van der Waals surface area contributed by atoms with Gasteiger partial charge in [-0.2, -0.15) is 0 Å². The summed E-state index contributed by atoms with van der Waals surface area (Å²) in [7, 11) is 2.12. The molecule has 4 nitrogen and oxygen atoms in total. The van der Waals surface area contributed by atoms with Crippen LogP contribution in [0.25, 0.3) is 32.9 Å².